The summed E-state index contributed by atoms with van der Waals surface area (Å²) in [6, 6.07) is -0.452. The van der Waals surface area contributed by atoms with E-state index in [1.807, 2.05) is 18.7 Å². The second kappa shape index (κ2) is 7.36. The van der Waals surface area contributed by atoms with Crippen molar-refractivity contribution in [2.45, 2.75) is 45.6 Å². The van der Waals surface area contributed by atoms with Crippen LogP contribution in [0.4, 0.5) is 0 Å². The number of carbonyl (C=O) groups is 2. The van der Waals surface area contributed by atoms with E-state index in [9.17, 15) is 9.59 Å². The maximum Gasteiger partial charge on any atom is 0.320 e. The summed E-state index contributed by atoms with van der Waals surface area (Å²) < 4.78 is 0. The molecule has 1 fully saturated rings. The molecule has 2 N–H and O–H groups in total. The molecule has 0 radical (unpaired) electrons. The number of nitrogens with zero attached hydrogens (tertiary/aromatic N) is 1. The van der Waals surface area contributed by atoms with Gasteiger partial charge in [0.15, 0.2) is 0 Å². The third-order valence-corrected chi connectivity index (χ3v) is 3.49. The lowest BCUT2D eigenvalue weighted by Gasteiger charge is -2.35. The van der Waals surface area contributed by atoms with Gasteiger partial charge in [0.2, 0.25) is 5.91 Å². The molecular formula is C13H24N2O3. The summed E-state index contributed by atoms with van der Waals surface area (Å²) in [6.07, 6.45) is 3.27. The molecule has 0 spiro atoms. The molecule has 0 bridgehead atoms. The zero-order chi connectivity index (χ0) is 13.5. The van der Waals surface area contributed by atoms with Gasteiger partial charge in [-0.2, -0.15) is 0 Å². The summed E-state index contributed by atoms with van der Waals surface area (Å²) in [5.74, 6) is -0.771. The molecule has 0 aromatic rings. The largest absolute Gasteiger partial charge is 0.480 e. The monoisotopic (exact) mass is 256 g/mol. The highest BCUT2D eigenvalue weighted by Gasteiger charge is 2.31. The minimum atomic E-state index is -0.785. The molecule has 1 aliphatic heterocycles. The molecule has 5 heteroatoms. The van der Waals surface area contributed by atoms with Crippen molar-refractivity contribution in [3.63, 3.8) is 0 Å². The first-order chi connectivity index (χ1) is 8.60. The van der Waals surface area contributed by atoms with E-state index in [4.69, 9.17) is 5.11 Å². The number of carbonyl (C=O) groups excluding carboxylic acids is 1. The number of likely N-dealkylation sites (tertiary alicyclic amines) is 1. The fourth-order valence-electron chi connectivity index (χ4n) is 2.49. The number of amides is 1. The Kier molecular flexibility index (Phi) is 6.12. The number of rotatable bonds is 6. The minimum Gasteiger partial charge on any atom is -0.480 e. The topological polar surface area (TPSA) is 69.6 Å². The molecule has 0 saturated carbocycles. The molecule has 1 amide bonds. The summed E-state index contributed by atoms with van der Waals surface area (Å²) in [6.45, 7) is 5.94. The Bertz CT molecular complexity index is 294. The fourth-order valence-corrected chi connectivity index (χ4v) is 2.49. The highest BCUT2D eigenvalue weighted by molar-refractivity contribution is 5.79. The lowest BCUT2D eigenvalue weighted by molar-refractivity contribution is -0.145. The van der Waals surface area contributed by atoms with E-state index in [2.05, 4.69) is 5.32 Å². The van der Waals surface area contributed by atoms with E-state index < -0.39 is 12.0 Å². The number of hydrogen-bond acceptors (Lipinski definition) is 3. The quantitative estimate of drug-likeness (QED) is 0.746. The van der Waals surface area contributed by atoms with Gasteiger partial charge in [-0.1, -0.05) is 13.8 Å². The van der Waals surface area contributed by atoms with Crippen LogP contribution >= 0.6 is 0 Å². The first-order valence-corrected chi connectivity index (χ1v) is 6.84. The average Bonchev–Trinajstić information content (AvgIpc) is 2.36. The molecule has 5 nitrogen and oxygen atoms in total. The van der Waals surface area contributed by atoms with Crippen molar-refractivity contribution in [3.05, 3.63) is 0 Å². The van der Waals surface area contributed by atoms with E-state index in [1.165, 1.54) is 0 Å². The SMILES string of the molecule is CCCNC(=O)C1CCCN(C(CC)C(=O)O)C1. The fraction of sp³-hybridized carbons (Fsp3) is 0.846. The molecule has 0 aromatic carbocycles. The molecular weight excluding hydrogens is 232 g/mol. The maximum absolute atomic E-state index is 11.9. The predicted octanol–water partition coefficient (Wildman–Crippen LogP) is 1.09. The van der Waals surface area contributed by atoms with Gasteiger partial charge < -0.3 is 10.4 Å². The predicted molar refractivity (Wildman–Crippen MR) is 69.3 cm³/mol. The summed E-state index contributed by atoms with van der Waals surface area (Å²) in [5.41, 5.74) is 0. The van der Waals surface area contributed by atoms with Crippen LogP contribution in [0, 0.1) is 5.92 Å². The van der Waals surface area contributed by atoms with Gasteiger partial charge in [-0.15, -0.1) is 0 Å². The Labute approximate surface area is 109 Å². The summed E-state index contributed by atoms with van der Waals surface area (Å²) in [4.78, 5) is 25.0. The van der Waals surface area contributed by atoms with Crippen LogP contribution in [0.5, 0.6) is 0 Å². The van der Waals surface area contributed by atoms with Crippen molar-refractivity contribution in [1.82, 2.24) is 10.2 Å². The number of hydrogen-bond donors (Lipinski definition) is 2. The Morgan fingerprint density at radius 1 is 1.44 bits per heavy atom. The van der Waals surface area contributed by atoms with Gasteiger partial charge >= 0.3 is 5.97 Å². The first kappa shape index (κ1) is 15.0. The molecule has 2 atom stereocenters. The lowest BCUT2D eigenvalue weighted by atomic mass is 9.95. The molecule has 1 saturated heterocycles. The van der Waals surface area contributed by atoms with E-state index in [1.54, 1.807) is 0 Å². The van der Waals surface area contributed by atoms with Crippen molar-refractivity contribution >= 4 is 11.9 Å². The van der Waals surface area contributed by atoms with Crippen LogP contribution < -0.4 is 5.32 Å². The first-order valence-electron chi connectivity index (χ1n) is 6.84. The number of carboxylic acids is 1. The zero-order valence-corrected chi connectivity index (χ0v) is 11.3. The van der Waals surface area contributed by atoms with Crippen molar-refractivity contribution < 1.29 is 14.7 Å². The van der Waals surface area contributed by atoms with Gasteiger partial charge in [0.25, 0.3) is 0 Å². The van der Waals surface area contributed by atoms with Crippen LogP contribution in [-0.2, 0) is 9.59 Å². The van der Waals surface area contributed by atoms with Gasteiger partial charge in [0.05, 0.1) is 5.92 Å². The highest BCUT2D eigenvalue weighted by atomic mass is 16.4. The number of nitrogens with one attached hydrogen (secondary N) is 1. The molecule has 0 aliphatic carbocycles. The lowest BCUT2D eigenvalue weighted by Crippen LogP contribution is -2.49. The normalized spacial score (nSPS) is 22.4. The Hall–Kier alpha value is -1.10. The molecule has 1 rings (SSSR count). The van der Waals surface area contributed by atoms with Gasteiger partial charge in [-0.3, -0.25) is 14.5 Å². The van der Waals surface area contributed by atoms with Crippen LogP contribution in [0.2, 0.25) is 0 Å². The Morgan fingerprint density at radius 3 is 2.72 bits per heavy atom. The molecule has 1 heterocycles. The van der Waals surface area contributed by atoms with Crippen molar-refractivity contribution in [2.75, 3.05) is 19.6 Å². The third kappa shape index (κ3) is 3.98. The Balaban J connectivity index is 2.54. The number of piperidine rings is 1. The van der Waals surface area contributed by atoms with Gasteiger partial charge in [-0.25, -0.2) is 0 Å². The average molecular weight is 256 g/mol. The third-order valence-electron chi connectivity index (χ3n) is 3.49. The van der Waals surface area contributed by atoms with Crippen molar-refractivity contribution in [3.8, 4) is 0 Å². The van der Waals surface area contributed by atoms with Gasteiger partial charge in [0.1, 0.15) is 6.04 Å². The van der Waals surface area contributed by atoms with Gasteiger partial charge in [0, 0.05) is 13.1 Å². The Morgan fingerprint density at radius 2 is 2.17 bits per heavy atom. The van der Waals surface area contributed by atoms with Crippen molar-refractivity contribution in [2.24, 2.45) is 5.92 Å². The van der Waals surface area contributed by atoms with Crippen molar-refractivity contribution in [1.29, 1.82) is 0 Å². The van der Waals surface area contributed by atoms with Crippen LogP contribution in [0.15, 0.2) is 0 Å². The van der Waals surface area contributed by atoms with E-state index >= 15 is 0 Å². The van der Waals surface area contributed by atoms with Crippen LogP contribution in [-0.4, -0.2) is 47.6 Å². The summed E-state index contributed by atoms with van der Waals surface area (Å²) in [7, 11) is 0. The maximum atomic E-state index is 11.9. The smallest absolute Gasteiger partial charge is 0.320 e. The highest BCUT2D eigenvalue weighted by Crippen LogP contribution is 2.20. The summed E-state index contributed by atoms with van der Waals surface area (Å²) >= 11 is 0. The van der Waals surface area contributed by atoms with E-state index in [0.29, 0.717) is 19.5 Å². The number of carboxylic acid groups (broad SMARTS) is 1. The van der Waals surface area contributed by atoms with E-state index in [-0.39, 0.29) is 11.8 Å². The zero-order valence-electron chi connectivity index (χ0n) is 11.3. The second-order valence-corrected chi connectivity index (χ2v) is 4.89. The summed E-state index contributed by atoms with van der Waals surface area (Å²) in [5, 5.41) is 12.0. The second-order valence-electron chi connectivity index (χ2n) is 4.89. The molecule has 18 heavy (non-hydrogen) atoms. The van der Waals surface area contributed by atoms with Crippen LogP contribution in [0.25, 0.3) is 0 Å². The number of aliphatic carboxylic acids is 1. The van der Waals surface area contributed by atoms with Gasteiger partial charge in [-0.05, 0) is 32.2 Å². The van der Waals surface area contributed by atoms with Crippen LogP contribution in [0.1, 0.15) is 39.5 Å². The van der Waals surface area contributed by atoms with Crippen LogP contribution in [0.3, 0.4) is 0 Å². The molecule has 1 aliphatic rings. The molecule has 104 valence electrons. The van der Waals surface area contributed by atoms with E-state index in [0.717, 1.165) is 25.8 Å². The molecule has 2 unspecified atom stereocenters. The minimum absolute atomic E-state index is 0.0568. The standard InChI is InChI=1S/C13H24N2O3/c1-3-7-14-12(16)10-6-5-8-15(9-10)11(4-2)13(17)18/h10-11H,3-9H2,1-2H3,(H,14,16)(H,17,18). The molecule has 0 aromatic heterocycles.